The number of carbonyl (C=O) groups is 1. The Morgan fingerprint density at radius 3 is 2.56 bits per heavy atom. The van der Waals surface area contributed by atoms with Crippen LogP contribution in [0.2, 0.25) is 0 Å². The second-order valence-corrected chi connectivity index (χ2v) is 9.19. The summed E-state index contributed by atoms with van der Waals surface area (Å²) in [4.78, 5) is 25.3. The highest BCUT2D eigenvalue weighted by atomic mass is 32.2. The molecule has 2 aliphatic heterocycles. The van der Waals surface area contributed by atoms with Crippen molar-refractivity contribution in [3.63, 3.8) is 0 Å². The van der Waals surface area contributed by atoms with Gasteiger partial charge in [-0.25, -0.2) is 22.7 Å². The fourth-order valence-electron chi connectivity index (χ4n) is 4.10. The lowest BCUT2D eigenvalue weighted by Gasteiger charge is -2.34. The molecule has 8 nitrogen and oxygen atoms in total. The molecule has 25 heavy (non-hydrogen) atoms. The molecule has 2 saturated heterocycles. The average molecular weight is 367 g/mol. The van der Waals surface area contributed by atoms with Crippen molar-refractivity contribution in [1.29, 1.82) is 0 Å². The van der Waals surface area contributed by atoms with Crippen LogP contribution in [0.25, 0.3) is 0 Å². The first-order valence-electron chi connectivity index (χ1n) is 8.43. The SMILES string of the molecule is CN(C)C(=O)[C@]12CCCN(S(C)(=O)=O)C[C@H]1CN(c1ncccn1)C2. The van der Waals surface area contributed by atoms with Crippen LogP contribution in [0.5, 0.6) is 0 Å². The van der Waals surface area contributed by atoms with E-state index in [4.69, 9.17) is 0 Å². The second kappa shape index (κ2) is 6.53. The van der Waals surface area contributed by atoms with E-state index >= 15 is 0 Å². The summed E-state index contributed by atoms with van der Waals surface area (Å²) in [7, 11) is 0.234. The van der Waals surface area contributed by atoms with E-state index in [0.717, 1.165) is 0 Å². The summed E-state index contributed by atoms with van der Waals surface area (Å²) < 4.78 is 25.7. The first-order valence-corrected chi connectivity index (χ1v) is 10.3. The molecule has 0 saturated carbocycles. The van der Waals surface area contributed by atoms with E-state index in [2.05, 4.69) is 9.97 Å². The summed E-state index contributed by atoms with van der Waals surface area (Å²) in [5, 5.41) is 0. The summed E-state index contributed by atoms with van der Waals surface area (Å²) in [6.45, 7) is 1.94. The van der Waals surface area contributed by atoms with Gasteiger partial charge < -0.3 is 9.80 Å². The van der Waals surface area contributed by atoms with Gasteiger partial charge in [0.15, 0.2) is 0 Å². The summed E-state index contributed by atoms with van der Waals surface area (Å²) in [5.74, 6) is 0.571. The molecule has 2 aliphatic rings. The van der Waals surface area contributed by atoms with E-state index in [1.165, 1.54) is 10.6 Å². The molecule has 9 heteroatoms. The predicted molar refractivity (Wildman–Crippen MR) is 94.5 cm³/mol. The maximum absolute atomic E-state index is 13.1. The standard InChI is InChI=1S/C16H25N5O3S/c1-19(2)14(22)16-6-4-9-21(25(3,23)24)11-13(16)10-20(12-16)15-17-7-5-8-18-15/h5,7-8,13H,4,6,9-12H2,1-3H3/t13-,16+/m1/s1. The number of sulfonamides is 1. The van der Waals surface area contributed by atoms with Gasteiger partial charge in [0.25, 0.3) is 0 Å². The van der Waals surface area contributed by atoms with Crippen LogP contribution >= 0.6 is 0 Å². The minimum Gasteiger partial charge on any atom is -0.348 e. The van der Waals surface area contributed by atoms with Crippen molar-refractivity contribution in [2.45, 2.75) is 12.8 Å². The number of amides is 1. The van der Waals surface area contributed by atoms with Crippen LogP contribution < -0.4 is 4.90 Å². The van der Waals surface area contributed by atoms with Crippen molar-refractivity contribution >= 4 is 21.9 Å². The van der Waals surface area contributed by atoms with Crippen molar-refractivity contribution in [3.8, 4) is 0 Å². The minimum atomic E-state index is -3.28. The van der Waals surface area contributed by atoms with E-state index in [-0.39, 0.29) is 11.8 Å². The van der Waals surface area contributed by atoms with Gasteiger partial charge in [-0.05, 0) is 18.9 Å². The average Bonchev–Trinajstić information content (AvgIpc) is 2.82. The van der Waals surface area contributed by atoms with E-state index in [0.29, 0.717) is 45.0 Å². The number of carbonyl (C=O) groups excluding carboxylic acids is 1. The zero-order valence-corrected chi connectivity index (χ0v) is 15.7. The van der Waals surface area contributed by atoms with Crippen molar-refractivity contribution in [2.75, 3.05) is 51.4 Å². The van der Waals surface area contributed by atoms with Gasteiger partial charge in [-0.15, -0.1) is 0 Å². The Morgan fingerprint density at radius 1 is 1.28 bits per heavy atom. The molecular formula is C16H25N5O3S. The van der Waals surface area contributed by atoms with Crippen LogP contribution in [-0.4, -0.2) is 80.0 Å². The molecule has 2 fully saturated rings. The topological polar surface area (TPSA) is 86.7 Å². The number of aromatic nitrogens is 2. The molecule has 1 amide bonds. The number of hydrogen-bond donors (Lipinski definition) is 0. The van der Waals surface area contributed by atoms with Crippen molar-refractivity contribution in [3.05, 3.63) is 18.5 Å². The molecule has 0 N–H and O–H groups in total. The predicted octanol–water partition coefficient (Wildman–Crippen LogP) is 0.0428. The highest BCUT2D eigenvalue weighted by Gasteiger charge is 2.54. The molecule has 0 bridgehead atoms. The Hall–Kier alpha value is -1.74. The molecule has 2 atom stereocenters. The normalized spacial score (nSPS) is 27.6. The third-order valence-electron chi connectivity index (χ3n) is 5.29. The Kier molecular flexibility index (Phi) is 4.72. The molecule has 0 radical (unpaired) electrons. The van der Waals surface area contributed by atoms with Crippen LogP contribution in [-0.2, 0) is 14.8 Å². The molecular weight excluding hydrogens is 342 g/mol. The molecule has 3 heterocycles. The molecule has 1 aromatic rings. The number of fused-ring (bicyclic) bond motifs is 1. The van der Waals surface area contributed by atoms with E-state index in [1.807, 2.05) is 4.90 Å². The van der Waals surface area contributed by atoms with E-state index in [9.17, 15) is 13.2 Å². The third-order valence-corrected chi connectivity index (χ3v) is 6.56. The Morgan fingerprint density at radius 2 is 1.96 bits per heavy atom. The van der Waals surface area contributed by atoms with E-state index < -0.39 is 15.4 Å². The molecule has 0 unspecified atom stereocenters. The van der Waals surface area contributed by atoms with Crippen LogP contribution in [0.1, 0.15) is 12.8 Å². The van der Waals surface area contributed by atoms with Crippen LogP contribution in [0.4, 0.5) is 5.95 Å². The summed E-state index contributed by atoms with van der Waals surface area (Å²) in [6.07, 6.45) is 5.94. The molecule has 0 aromatic carbocycles. The fourth-order valence-corrected chi connectivity index (χ4v) is 5.01. The van der Waals surface area contributed by atoms with Gasteiger partial charge in [0, 0.05) is 58.6 Å². The Bertz CT molecular complexity index is 739. The summed E-state index contributed by atoms with van der Waals surface area (Å²) in [6, 6.07) is 1.75. The maximum atomic E-state index is 13.1. The maximum Gasteiger partial charge on any atom is 0.230 e. The lowest BCUT2D eigenvalue weighted by atomic mass is 9.74. The molecule has 0 spiro atoms. The Labute approximate surface area is 148 Å². The molecule has 138 valence electrons. The van der Waals surface area contributed by atoms with Crippen molar-refractivity contribution < 1.29 is 13.2 Å². The Balaban J connectivity index is 1.97. The fraction of sp³-hybridized carbons (Fsp3) is 0.688. The number of nitrogens with zero attached hydrogens (tertiary/aromatic N) is 5. The van der Waals surface area contributed by atoms with Gasteiger partial charge in [-0.2, -0.15) is 0 Å². The zero-order valence-electron chi connectivity index (χ0n) is 14.9. The van der Waals surface area contributed by atoms with Crippen LogP contribution in [0, 0.1) is 11.3 Å². The summed E-state index contributed by atoms with van der Waals surface area (Å²) in [5.41, 5.74) is -0.595. The van der Waals surface area contributed by atoms with Gasteiger partial charge in [0.1, 0.15) is 0 Å². The summed E-state index contributed by atoms with van der Waals surface area (Å²) >= 11 is 0. The first kappa shape index (κ1) is 18.1. The van der Waals surface area contributed by atoms with Gasteiger partial charge in [-0.3, -0.25) is 4.79 Å². The van der Waals surface area contributed by atoms with Gasteiger partial charge in [0.2, 0.25) is 21.9 Å². The largest absolute Gasteiger partial charge is 0.348 e. The van der Waals surface area contributed by atoms with Gasteiger partial charge in [0.05, 0.1) is 11.7 Å². The third kappa shape index (κ3) is 3.35. The van der Waals surface area contributed by atoms with Gasteiger partial charge >= 0.3 is 0 Å². The highest BCUT2D eigenvalue weighted by molar-refractivity contribution is 7.88. The van der Waals surface area contributed by atoms with E-state index in [1.54, 1.807) is 37.5 Å². The zero-order chi connectivity index (χ0) is 18.2. The monoisotopic (exact) mass is 367 g/mol. The number of hydrogen-bond acceptors (Lipinski definition) is 6. The highest BCUT2D eigenvalue weighted by Crippen LogP contribution is 2.44. The lowest BCUT2D eigenvalue weighted by Crippen LogP contribution is -2.47. The van der Waals surface area contributed by atoms with Crippen molar-refractivity contribution in [1.82, 2.24) is 19.2 Å². The quantitative estimate of drug-likeness (QED) is 0.750. The lowest BCUT2D eigenvalue weighted by molar-refractivity contribution is -0.141. The van der Waals surface area contributed by atoms with Gasteiger partial charge in [-0.1, -0.05) is 0 Å². The van der Waals surface area contributed by atoms with Crippen molar-refractivity contribution in [2.24, 2.45) is 11.3 Å². The smallest absolute Gasteiger partial charge is 0.230 e. The second-order valence-electron chi connectivity index (χ2n) is 7.21. The minimum absolute atomic E-state index is 0.0614. The number of rotatable bonds is 3. The molecule has 0 aliphatic carbocycles. The first-order chi connectivity index (χ1) is 11.7. The van der Waals surface area contributed by atoms with Crippen LogP contribution in [0.3, 0.4) is 0 Å². The number of anilines is 1. The molecule has 1 aromatic heterocycles. The molecule has 3 rings (SSSR count). The van der Waals surface area contributed by atoms with Crippen LogP contribution in [0.15, 0.2) is 18.5 Å².